The Bertz CT molecular complexity index is 1620. The van der Waals surface area contributed by atoms with Gasteiger partial charge in [0.25, 0.3) is 0 Å². The average molecular weight is 663 g/mol. The Kier molecular flexibility index (Phi) is 6.97. The number of nitrogens with zero attached hydrogens (tertiary/aromatic N) is 2. The molecule has 1 amide bonds. The molecule has 7 rings (SSSR count). The lowest BCUT2D eigenvalue weighted by Crippen LogP contribution is -2.58. The molecule has 244 valence electrons. The number of carbonyl (C=O) groups is 2. The second-order valence-electron chi connectivity index (χ2n) is 12.8. The van der Waals surface area contributed by atoms with Gasteiger partial charge in [-0.3, -0.25) is 9.59 Å². The SMILES string of the molecule is O=C(O)C12CCC(C(=O)N3CCC4(S(=O)(=O)c5ccccn5)c5ccc(C(F)(C(F)(F)F)C(F)(F)F)cc5CCC34)(CC1)CC2. The lowest BCUT2D eigenvalue weighted by atomic mass is 9.53. The van der Waals surface area contributed by atoms with E-state index in [4.69, 9.17) is 0 Å². The van der Waals surface area contributed by atoms with Crippen LogP contribution in [-0.2, 0) is 36.3 Å². The van der Waals surface area contributed by atoms with E-state index >= 15 is 4.39 Å². The van der Waals surface area contributed by atoms with Crippen LogP contribution in [0.4, 0.5) is 30.7 Å². The molecule has 2 unspecified atom stereocenters. The molecule has 4 aliphatic carbocycles. The van der Waals surface area contributed by atoms with Gasteiger partial charge in [0.2, 0.25) is 15.7 Å². The zero-order valence-corrected chi connectivity index (χ0v) is 24.5. The van der Waals surface area contributed by atoms with Crippen LogP contribution in [0.1, 0.15) is 68.1 Å². The van der Waals surface area contributed by atoms with E-state index < -0.39 is 61.0 Å². The van der Waals surface area contributed by atoms with Gasteiger partial charge < -0.3 is 10.0 Å². The van der Waals surface area contributed by atoms with Crippen LogP contribution in [0.15, 0.2) is 47.6 Å². The number of aromatic nitrogens is 1. The number of carbonyl (C=O) groups excluding carboxylic acids is 1. The number of hydrogen-bond donors (Lipinski definition) is 1. The summed E-state index contributed by atoms with van der Waals surface area (Å²) < 4.78 is 124. The quantitative estimate of drug-likeness (QED) is 0.394. The van der Waals surface area contributed by atoms with Crippen molar-refractivity contribution in [2.24, 2.45) is 10.8 Å². The maximum atomic E-state index is 15.0. The number of halogens is 7. The van der Waals surface area contributed by atoms with Gasteiger partial charge in [-0.1, -0.05) is 24.3 Å². The minimum absolute atomic E-state index is 0.0687. The molecule has 0 spiro atoms. The first kappa shape index (κ1) is 31.7. The third-order valence-electron chi connectivity index (χ3n) is 10.9. The van der Waals surface area contributed by atoms with Crippen LogP contribution in [-0.4, -0.2) is 60.2 Å². The van der Waals surface area contributed by atoms with E-state index in [9.17, 15) is 49.5 Å². The molecule has 45 heavy (non-hydrogen) atoms. The number of alkyl halides is 7. The standard InChI is InChI=1S/C30H29F7N2O5S/c31-28(29(32,33)34,30(35,36)37)19-5-6-20-18(17-19)4-7-21-27(20,45(43,44)22-3-1-2-15-38-22)14-16-39(21)23(40)25-8-11-26(12-9-25,13-10-25)24(41)42/h1-3,5-6,15,17,21H,4,7-14,16H2,(H,41,42). The number of aliphatic carboxylic acids is 1. The van der Waals surface area contributed by atoms with Gasteiger partial charge in [0.15, 0.2) is 5.03 Å². The molecule has 15 heteroatoms. The van der Waals surface area contributed by atoms with Crippen molar-refractivity contribution in [3.8, 4) is 0 Å². The number of hydrogen-bond acceptors (Lipinski definition) is 5. The molecule has 5 aliphatic rings. The predicted octanol–water partition coefficient (Wildman–Crippen LogP) is 6.01. The number of benzene rings is 1. The fraction of sp³-hybridized carbons (Fsp3) is 0.567. The van der Waals surface area contributed by atoms with Crippen molar-refractivity contribution in [3.05, 3.63) is 59.3 Å². The van der Waals surface area contributed by atoms with Crippen LogP contribution in [0.3, 0.4) is 0 Å². The molecular formula is C30H29F7N2O5S. The first-order valence-electron chi connectivity index (χ1n) is 14.5. The predicted molar refractivity (Wildman–Crippen MR) is 143 cm³/mol. The fourth-order valence-electron chi connectivity index (χ4n) is 8.30. The highest BCUT2D eigenvalue weighted by molar-refractivity contribution is 7.92. The number of rotatable bonds is 5. The molecular weight excluding hydrogens is 633 g/mol. The summed E-state index contributed by atoms with van der Waals surface area (Å²) in [5, 5.41) is 9.39. The average Bonchev–Trinajstić information content (AvgIpc) is 3.41. The van der Waals surface area contributed by atoms with Gasteiger partial charge in [-0.2, -0.15) is 26.3 Å². The Morgan fingerprint density at radius 2 is 1.47 bits per heavy atom. The lowest BCUT2D eigenvalue weighted by Gasteiger charge is -2.52. The van der Waals surface area contributed by atoms with Crippen molar-refractivity contribution in [3.63, 3.8) is 0 Å². The molecule has 2 aromatic rings. The molecule has 4 fully saturated rings. The van der Waals surface area contributed by atoms with Gasteiger partial charge in [0.05, 0.1) is 11.5 Å². The normalized spacial score (nSPS) is 30.1. The van der Waals surface area contributed by atoms with Gasteiger partial charge >= 0.3 is 24.0 Å². The van der Waals surface area contributed by atoms with E-state index in [-0.39, 0.29) is 47.9 Å². The van der Waals surface area contributed by atoms with E-state index in [1.165, 1.54) is 29.3 Å². The molecule has 1 N–H and O–H groups in total. The summed E-state index contributed by atoms with van der Waals surface area (Å²) in [7, 11) is -4.53. The van der Waals surface area contributed by atoms with Gasteiger partial charge in [-0.15, -0.1) is 0 Å². The van der Waals surface area contributed by atoms with Crippen LogP contribution < -0.4 is 0 Å². The molecule has 1 saturated heterocycles. The number of pyridine rings is 1. The van der Waals surface area contributed by atoms with Crippen molar-refractivity contribution in [1.29, 1.82) is 0 Å². The van der Waals surface area contributed by atoms with Gasteiger partial charge in [-0.25, -0.2) is 17.8 Å². The molecule has 1 aliphatic heterocycles. The number of carboxylic acids is 1. The number of aryl methyl sites for hydroxylation is 1. The Labute approximate surface area is 253 Å². The van der Waals surface area contributed by atoms with Crippen LogP contribution >= 0.6 is 0 Å². The Balaban J connectivity index is 1.46. The van der Waals surface area contributed by atoms with Crippen molar-refractivity contribution >= 4 is 21.7 Å². The highest BCUT2D eigenvalue weighted by Crippen LogP contribution is 2.61. The second kappa shape index (κ2) is 9.88. The monoisotopic (exact) mass is 662 g/mol. The maximum absolute atomic E-state index is 15.0. The fourth-order valence-corrected chi connectivity index (χ4v) is 10.6. The number of sulfone groups is 1. The summed E-state index contributed by atoms with van der Waals surface area (Å²) in [5.74, 6) is -1.25. The third kappa shape index (κ3) is 4.20. The van der Waals surface area contributed by atoms with Gasteiger partial charge in [0, 0.05) is 23.7 Å². The van der Waals surface area contributed by atoms with Crippen LogP contribution in [0.2, 0.25) is 0 Å². The first-order valence-corrected chi connectivity index (χ1v) is 16.0. The topological polar surface area (TPSA) is 105 Å². The van der Waals surface area contributed by atoms with Crippen molar-refractivity contribution in [2.75, 3.05) is 6.54 Å². The molecule has 2 atom stereocenters. The Hall–Kier alpha value is -3.23. The number of likely N-dealkylation sites (tertiary alicyclic amines) is 1. The van der Waals surface area contributed by atoms with E-state index in [2.05, 4.69) is 4.98 Å². The molecule has 2 bridgehead atoms. The van der Waals surface area contributed by atoms with Crippen molar-refractivity contribution in [2.45, 2.75) is 91.6 Å². The molecule has 3 saturated carbocycles. The van der Waals surface area contributed by atoms with Crippen LogP contribution in [0.25, 0.3) is 0 Å². The van der Waals surface area contributed by atoms with Gasteiger partial charge in [-0.05, 0) is 81.0 Å². The molecule has 1 aromatic heterocycles. The molecule has 0 radical (unpaired) electrons. The first-order chi connectivity index (χ1) is 20.9. The second-order valence-corrected chi connectivity index (χ2v) is 14.9. The van der Waals surface area contributed by atoms with E-state index in [1.807, 2.05) is 0 Å². The number of carboxylic acid groups (broad SMARTS) is 1. The number of fused-ring (bicyclic) bond motifs is 6. The van der Waals surface area contributed by atoms with E-state index in [0.29, 0.717) is 50.7 Å². The minimum atomic E-state index is -6.34. The summed E-state index contributed by atoms with van der Waals surface area (Å²) in [6.07, 6.45) is -10.2. The van der Waals surface area contributed by atoms with Crippen LogP contribution in [0.5, 0.6) is 0 Å². The summed E-state index contributed by atoms with van der Waals surface area (Å²) in [5.41, 5.74) is -9.49. The number of amides is 1. The molecule has 1 aromatic carbocycles. The van der Waals surface area contributed by atoms with Crippen LogP contribution in [0, 0.1) is 10.8 Å². The van der Waals surface area contributed by atoms with Crippen molar-refractivity contribution in [1.82, 2.24) is 9.88 Å². The zero-order valence-electron chi connectivity index (χ0n) is 23.7. The summed E-state index contributed by atoms with van der Waals surface area (Å²) in [4.78, 5) is 31.7. The molecule has 2 heterocycles. The van der Waals surface area contributed by atoms with Crippen molar-refractivity contribution < 1.29 is 53.8 Å². The van der Waals surface area contributed by atoms with Gasteiger partial charge in [0.1, 0.15) is 4.75 Å². The zero-order chi connectivity index (χ0) is 32.8. The largest absolute Gasteiger partial charge is 0.481 e. The maximum Gasteiger partial charge on any atom is 0.435 e. The summed E-state index contributed by atoms with van der Waals surface area (Å²) in [6, 6.07) is 4.65. The van der Waals surface area contributed by atoms with E-state index in [0.717, 1.165) is 6.07 Å². The molecule has 7 nitrogen and oxygen atoms in total. The Morgan fingerprint density at radius 1 is 0.867 bits per heavy atom. The lowest BCUT2D eigenvalue weighted by molar-refractivity contribution is -0.348. The summed E-state index contributed by atoms with van der Waals surface area (Å²) >= 11 is 0. The minimum Gasteiger partial charge on any atom is -0.481 e. The van der Waals surface area contributed by atoms with E-state index in [1.54, 1.807) is 0 Å². The smallest absolute Gasteiger partial charge is 0.435 e. The highest BCUT2D eigenvalue weighted by atomic mass is 32.2. The third-order valence-corrected chi connectivity index (χ3v) is 13.3. The Morgan fingerprint density at radius 3 is 2.00 bits per heavy atom. The highest BCUT2D eigenvalue weighted by Gasteiger charge is 2.74. The summed E-state index contributed by atoms with van der Waals surface area (Å²) in [6.45, 7) is -0.0687.